The lowest BCUT2D eigenvalue weighted by Gasteiger charge is -2.35. The number of rotatable bonds is 7. The molecule has 0 spiro atoms. The molecule has 1 aliphatic heterocycles. The van der Waals surface area contributed by atoms with Gasteiger partial charge in [-0.1, -0.05) is 42.0 Å². The zero-order valence-electron chi connectivity index (χ0n) is 17.7. The number of hydrogen-bond donors (Lipinski definition) is 1. The van der Waals surface area contributed by atoms with Crippen molar-refractivity contribution >= 4 is 11.8 Å². The average Bonchev–Trinajstić information content (AvgIpc) is 2.80. The van der Waals surface area contributed by atoms with Crippen LogP contribution < -0.4 is 9.64 Å². The predicted octanol–water partition coefficient (Wildman–Crippen LogP) is 3.99. The van der Waals surface area contributed by atoms with Crippen LogP contribution in [0.25, 0.3) is 0 Å². The van der Waals surface area contributed by atoms with E-state index in [0.29, 0.717) is 12.4 Å². The molecule has 1 saturated heterocycles. The molecule has 31 heavy (non-hydrogen) atoms. The fraction of sp³-hybridized carbons (Fsp3) is 0.280. The van der Waals surface area contributed by atoms with Crippen molar-refractivity contribution in [3.63, 3.8) is 0 Å². The van der Waals surface area contributed by atoms with Gasteiger partial charge in [-0.25, -0.2) is 9.78 Å². The molecule has 3 aromatic rings. The van der Waals surface area contributed by atoms with Gasteiger partial charge in [-0.05, 0) is 42.3 Å². The summed E-state index contributed by atoms with van der Waals surface area (Å²) >= 11 is 0. The van der Waals surface area contributed by atoms with E-state index in [1.54, 1.807) is 18.3 Å². The summed E-state index contributed by atoms with van der Waals surface area (Å²) in [6, 6.07) is 19.9. The first kappa shape index (κ1) is 20.9. The van der Waals surface area contributed by atoms with Crippen molar-refractivity contribution in [3.05, 3.63) is 89.1 Å². The zero-order chi connectivity index (χ0) is 21.6. The van der Waals surface area contributed by atoms with Gasteiger partial charge in [-0.15, -0.1) is 0 Å². The number of carboxylic acids is 1. The second-order valence-corrected chi connectivity index (χ2v) is 7.86. The third-order valence-corrected chi connectivity index (χ3v) is 5.54. The highest BCUT2D eigenvalue weighted by Gasteiger charge is 2.22. The monoisotopic (exact) mass is 417 g/mol. The molecule has 0 aliphatic carbocycles. The highest BCUT2D eigenvalue weighted by molar-refractivity contribution is 5.93. The number of benzene rings is 2. The van der Waals surface area contributed by atoms with Crippen LogP contribution in [-0.2, 0) is 13.2 Å². The fourth-order valence-electron chi connectivity index (χ4n) is 3.73. The summed E-state index contributed by atoms with van der Waals surface area (Å²) in [6.07, 6.45) is 1.65. The minimum Gasteiger partial charge on any atom is -0.489 e. The summed E-state index contributed by atoms with van der Waals surface area (Å²) in [5.41, 5.74) is 3.89. The second-order valence-electron chi connectivity index (χ2n) is 7.86. The highest BCUT2D eigenvalue weighted by atomic mass is 16.5. The normalized spacial score (nSPS) is 14.4. The van der Waals surface area contributed by atoms with Crippen LogP contribution in [0.4, 0.5) is 5.82 Å². The van der Waals surface area contributed by atoms with Gasteiger partial charge < -0.3 is 14.7 Å². The van der Waals surface area contributed by atoms with Crippen LogP contribution in [0.5, 0.6) is 5.75 Å². The lowest BCUT2D eigenvalue weighted by Crippen LogP contribution is -2.46. The van der Waals surface area contributed by atoms with E-state index in [1.807, 2.05) is 12.1 Å². The molecule has 1 N–H and O–H groups in total. The van der Waals surface area contributed by atoms with E-state index in [-0.39, 0.29) is 5.56 Å². The van der Waals surface area contributed by atoms with Crippen LogP contribution in [0.15, 0.2) is 66.9 Å². The van der Waals surface area contributed by atoms with E-state index in [0.717, 1.165) is 44.0 Å². The van der Waals surface area contributed by atoms with Crippen LogP contribution in [0.1, 0.15) is 27.0 Å². The molecule has 1 aromatic heterocycles. The Labute approximate surface area is 182 Å². The predicted molar refractivity (Wildman–Crippen MR) is 121 cm³/mol. The van der Waals surface area contributed by atoms with Crippen LogP contribution in [-0.4, -0.2) is 47.1 Å². The average molecular weight is 418 g/mol. The molecule has 6 heteroatoms. The lowest BCUT2D eigenvalue weighted by atomic mass is 10.1. The maximum absolute atomic E-state index is 11.5. The standard InChI is InChI=1S/C25H27N3O3/c1-19-4-10-22(11-5-19)31-18-21-8-6-20(7-9-21)17-27-13-15-28(16-14-27)24-23(25(29)30)3-2-12-26-24/h2-12H,13-18H2,1H3,(H,29,30). The van der Waals surface area contributed by atoms with Gasteiger partial charge in [0, 0.05) is 38.9 Å². The smallest absolute Gasteiger partial charge is 0.339 e. The first-order valence-corrected chi connectivity index (χ1v) is 10.5. The topological polar surface area (TPSA) is 65.9 Å². The summed E-state index contributed by atoms with van der Waals surface area (Å²) in [4.78, 5) is 20.2. The molecule has 0 unspecified atom stereocenters. The van der Waals surface area contributed by atoms with Gasteiger partial charge in [0.05, 0.1) is 0 Å². The molecule has 4 rings (SSSR count). The Morgan fingerprint density at radius 1 is 0.968 bits per heavy atom. The minimum absolute atomic E-state index is 0.263. The Morgan fingerprint density at radius 3 is 2.32 bits per heavy atom. The van der Waals surface area contributed by atoms with E-state index in [2.05, 4.69) is 58.1 Å². The Kier molecular flexibility index (Phi) is 6.48. The highest BCUT2D eigenvalue weighted by Crippen LogP contribution is 2.20. The van der Waals surface area contributed by atoms with Gasteiger partial charge in [-0.2, -0.15) is 0 Å². The van der Waals surface area contributed by atoms with Crippen molar-refractivity contribution in [2.24, 2.45) is 0 Å². The van der Waals surface area contributed by atoms with Crippen molar-refractivity contribution in [2.75, 3.05) is 31.1 Å². The number of nitrogens with zero attached hydrogens (tertiary/aromatic N) is 3. The van der Waals surface area contributed by atoms with E-state index >= 15 is 0 Å². The molecule has 2 heterocycles. The van der Waals surface area contributed by atoms with Gasteiger partial charge in [-0.3, -0.25) is 4.90 Å². The SMILES string of the molecule is Cc1ccc(OCc2ccc(CN3CCN(c4ncccc4C(=O)O)CC3)cc2)cc1. The van der Waals surface area contributed by atoms with Crippen LogP contribution >= 0.6 is 0 Å². The first-order valence-electron chi connectivity index (χ1n) is 10.5. The molecule has 0 atom stereocenters. The van der Waals surface area contributed by atoms with Gasteiger partial charge >= 0.3 is 5.97 Å². The van der Waals surface area contributed by atoms with Gasteiger partial charge in [0.25, 0.3) is 0 Å². The molecule has 1 fully saturated rings. The fourth-order valence-corrected chi connectivity index (χ4v) is 3.73. The van der Waals surface area contributed by atoms with Crippen molar-refractivity contribution in [3.8, 4) is 5.75 Å². The molecule has 6 nitrogen and oxygen atoms in total. The first-order chi connectivity index (χ1) is 15.1. The van der Waals surface area contributed by atoms with Gasteiger partial charge in [0.2, 0.25) is 0 Å². The summed E-state index contributed by atoms with van der Waals surface area (Å²) < 4.78 is 5.85. The molecule has 0 amide bonds. The van der Waals surface area contributed by atoms with Crippen molar-refractivity contribution in [1.29, 1.82) is 0 Å². The maximum atomic E-state index is 11.5. The van der Waals surface area contributed by atoms with Crippen molar-refractivity contribution in [2.45, 2.75) is 20.1 Å². The molecule has 2 aromatic carbocycles. The zero-order valence-corrected chi connectivity index (χ0v) is 17.7. The Hall–Kier alpha value is -3.38. The number of carbonyl (C=O) groups is 1. The van der Waals surface area contributed by atoms with Crippen molar-refractivity contribution in [1.82, 2.24) is 9.88 Å². The van der Waals surface area contributed by atoms with E-state index < -0.39 is 5.97 Å². The van der Waals surface area contributed by atoms with Crippen LogP contribution in [0, 0.1) is 6.92 Å². The number of carboxylic acid groups (broad SMARTS) is 1. The van der Waals surface area contributed by atoms with Crippen LogP contribution in [0.2, 0.25) is 0 Å². The Bertz CT molecular complexity index is 1010. The Morgan fingerprint density at radius 2 is 1.65 bits per heavy atom. The number of aromatic nitrogens is 1. The third kappa shape index (κ3) is 5.41. The molecular weight excluding hydrogens is 390 g/mol. The van der Waals surface area contributed by atoms with E-state index in [4.69, 9.17) is 4.74 Å². The summed E-state index contributed by atoms with van der Waals surface area (Å²) in [5, 5.41) is 9.39. The second kappa shape index (κ2) is 9.62. The maximum Gasteiger partial charge on any atom is 0.339 e. The van der Waals surface area contributed by atoms with E-state index in [9.17, 15) is 9.90 Å². The number of pyridine rings is 1. The minimum atomic E-state index is -0.933. The number of aryl methyl sites for hydroxylation is 1. The molecule has 0 saturated carbocycles. The van der Waals surface area contributed by atoms with Gasteiger partial charge in [0.15, 0.2) is 0 Å². The van der Waals surface area contributed by atoms with Crippen LogP contribution in [0.3, 0.4) is 0 Å². The number of anilines is 1. The largest absolute Gasteiger partial charge is 0.489 e. The Balaban J connectivity index is 1.28. The molecule has 160 valence electrons. The number of piperazine rings is 1. The quantitative estimate of drug-likeness (QED) is 0.627. The lowest BCUT2D eigenvalue weighted by molar-refractivity contribution is 0.0697. The summed E-state index contributed by atoms with van der Waals surface area (Å²) in [5.74, 6) is 0.510. The van der Waals surface area contributed by atoms with E-state index in [1.165, 1.54) is 11.1 Å². The number of aromatic carboxylic acids is 1. The third-order valence-electron chi connectivity index (χ3n) is 5.54. The molecule has 0 radical (unpaired) electrons. The number of hydrogen-bond acceptors (Lipinski definition) is 5. The van der Waals surface area contributed by atoms with Gasteiger partial charge in [0.1, 0.15) is 23.7 Å². The summed E-state index contributed by atoms with van der Waals surface area (Å²) in [6.45, 7) is 6.76. The summed E-state index contributed by atoms with van der Waals surface area (Å²) in [7, 11) is 0. The number of ether oxygens (including phenoxy) is 1. The molecule has 0 bridgehead atoms. The van der Waals surface area contributed by atoms with Crippen molar-refractivity contribution < 1.29 is 14.6 Å². The molecule has 1 aliphatic rings. The molecular formula is C25H27N3O3.